The summed E-state index contributed by atoms with van der Waals surface area (Å²) < 4.78 is 5.95. The third kappa shape index (κ3) is 3.32. The second-order valence-corrected chi connectivity index (χ2v) is 5.60. The molecule has 0 unspecified atom stereocenters. The maximum absolute atomic E-state index is 11.8. The number of methoxy groups -OCH3 is 1. The lowest BCUT2D eigenvalue weighted by molar-refractivity contribution is -0.124. The highest BCUT2D eigenvalue weighted by molar-refractivity contribution is 9.13. The number of phenols is 1. The average Bonchev–Trinajstić information content (AvgIpc) is 2.43. The molecule has 0 aliphatic heterocycles. The van der Waals surface area contributed by atoms with Crippen LogP contribution < -0.4 is 4.74 Å². The van der Waals surface area contributed by atoms with Crippen LogP contribution in [-0.2, 0) is 4.79 Å². The number of nitriles is 1. The van der Waals surface area contributed by atoms with Crippen LogP contribution in [0.15, 0.2) is 20.6 Å². The molecular formula is C13H12Br2N2O3. The summed E-state index contributed by atoms with van der Waals surface area (Å²) in [5, 5.41) is 18.9. The quantitative estimate of drug-likeness (QED) is 0.622. The molecule has 0 atom stereocenters. The highest BCUT2D eigenvalue weighted by Gasteiger charge is 2.16. The molecule has 0 aromatic heterocycles. The largest absolute Gasteiger partial charge is 0.503 e. The van der Waals surface area contributed by atoms with Gasteiger partial charge in [-0.1, -0.05) is 0 Å². The van der Waals surface area contributed by atoms with E-state index in [9.17, 15) is 9.90 Å². The number of nitrogens with zero attached hydrogens (tertiary/aromatic N) is 2. The molecule has 1 amide bonds. The first-order valence-electron chi connectivity index (χ1n) is 5.41. The van der Waals surface area contributed by atoms with E-state index >= 15 is 0 Å². The Hall–Kier alpha value is -1.52. The van der Waals surface area contributed by atoms with Crippen molar-refractivity contribution in [3.05, 3.63) is 26.1 Å². The number of rotatable bonds is 3. The monoisotopic (exact) mass is 402 g/mol. The van der Waals surface area contributed by atoms with Gasteiger partial charge in [0.05, 0.1) is 11.6 Å². The smallest absolute Gasteiger partial charge is 0.264 e. The van der Waals surface area contributed by atoms with Gasteiger partial charge in [-0.05, 0) is 49.6 Å². The molecule has 0 bridgehead atoms. The number of amides is 1. The topological polar surface area (TPSA) is 73.6 Å². The average molecular weight is 404 g/mol. The van der Waals surface area contributed by atoms with Crippen molar-refractivity contribution in [2.75, 3.05) is 21.2 Å². The summed E-state index contributed by atoms with van der Waals surface area (Å²) in [6, 6.07) is 3.39. The highest BCUT2D eigenvalue weighted by Crippen LogP contribution is 2.42. The summed E-state index contributed by atoms with van der Waals surface area (Å²) in [5.41, 5.74) is 0.522. The summed E-state index contributed by atoms with van der Waals surface area (Å²) in [6.45, 7) is 0. The van der Waals surface area contributed by atoms with Gasteiger partial charge < -0.3 is 14.7 Å². The number of hydrogen-bond acceptors (Lipinski definition) is 4. The summed E-state index contributed by atoms with van der Waals surface area (Å²) >= 11 is 6.51. The van der Waals surface area contributed by atoms with Crippen LogP contribution in [0.5, 0.6) is 11.5 Å². The molecule has 1 rings (SSSR count). The molecule has 0 aliphatic carbocycles. The standard InChI is InChI=1S/C13H12Br2N2O3/c1-17(2)13(19)8(6-16)4-7-5-9(20-3)12(18)11(15)10(7)14/h4-5,18H,1-3H3/b8-4-. The molecule has 0 saturated heterocycles. The molecule has 0 heterocycles. The number of benzene rings is 1. The number of likely N-dealkylation sites (N-methyl/N-ethyl adjacent to an activating group) is 1. The Labute approximate surface area is 133 Å². The number of hydrogen-bond donors (Lipinski definition) is 1. The zero-order valence-electron chi connectivity index (χ0n) is 11.1. The Bertz CT molecular complexity index is 619. The Morgan fingerprint density at radius 1 is 1.45 bits per heavy atom. The Morgan fingerprint density at radius 3 is 2.50 bits per heavy atom. The summed E-state index contributed by atoms with van der Waals surface area (Å²) in [5.74, 6) is -0.225. The van der Waals surface area contributed by atoms with Crippen molar-refractivity contribution >= 4 is 43.8 Å². The Kier molecular flexibility index (Phi) is 5.60. The Balaban J connectivity index is 3.44. The molecule has 0 spiro atoms. The van der Waals surface area contributed by atoms with Crippen molar-refractivity contribution in [1.29, 1.82) is 5.26 Å². The number of aromatic hydroxyl groups is 1. The van der Waals surface area contributed by atoms with E-state index in [-0.39, 0.29) is 17.1 Å². The SMILES string of the molecule is COc1cc(/C=C(/C#N)C(=O)N(C)C)c(Br)c(Br)c1O. The second kappa shape index (κ2) is 6.77. The lowest BCUT2D eigenvalue weighted by Crippen LogP contribution is -2.22. The van der Waals surface area contributed by atoms with Crippen LogP contribution in [0.1, 0.15) is 5.56 Å². The van der Waals surface area contributed by atoms with E-state index < -0.39 is 5.91 Å². The van der Waals surface area contributed by atoms with Gasteiger partial charge in [0, 0.05) is 18.6 Å². The molecule has 7 heteroatoms. The van der Waals surface area contributed by atoms with Crippen molar-refractivity contribution in [2.24, 2.45) is 0 Å². The van der Waals surface area contributed by atoms with E-state index in [0.717, 1.165) is 0 Å². The number of carbonyl (C=O) groups is 1. The molecule has 20 heavy (non-hydrogen) atoms. The number of halogens is 2. The lowest BCUT2D eigenvalue weighted by Gasteiger charge is -2.11. The second-order valence-electron chi connectivity index (χ2n) is 4.01. The molecule has 1 aromatic carbocycles. The molecule has 5 nitrogen and oxygen atoms in total. The fraction of sp³-hybridized carbons (Fsp3) is 0.231. The van der Waals surface area contributed by atoms with Gasteiger partial charge in [-0.25, -0.2) is 0 Å². The lowest BCUT2D eigenvalue weighted by atomic mass is 10.1. The maximum Gasteiger partial charge on any atom is 0.264 e. The molecule has 0 radical (unpaired) electrons. The van der Waals surface area contributed by atoms with Gasteiger partial charge in [0.2, 0.25) is 0 Å². The van der Waals surface area contributed by atoms with Crippen molar-refractivity contribution in [2.45, 2.75) is 0 Å². The number of phenolic OH excluding ortho intramolecular Hbond substituents is 1. The van der Waals surface area contributed by atoms with E-state index in [1.165, 1.54) is 24.2 Å². The van der Waals surface area contributed by atoms with Gasteiger partial charge in [0.25, 0.3) is 5.91 Å². The van der Waals surface area contributed by atoms with Crippen LogP contribution in [0.3, 0.4) is 0 Å². The van der Waals surface area contributed by atoms with Crippen LogP contribution in [0.25, 0.3) is 6.08 Å². The molecular weight excluding hydrogens is 392 g/mol. The van der Waals surface area contributed by atoms with Crippen molar-refractivity contribution in [3.8, 4) is 17.6 Å². The third-order valence-electron chi connectivity index (χ3n) is 2.45. The van der Waals surface area contributed by atoms with Gasteiger partial charge in [0.1, 0.15) is 11.6 Å². The summed E-state index contributed by atoms with van der Waals surface area (Å²) in [7, 11) is 4.55. The predicted octanol–water partition coefficient (Wildman–Crippen LogP) is 2.92. The molecule has 106 valence electrons. The fourth-order valence-electron chi connectivity index (χ4n) is 1.41. The minimum Gasteiger partial charge on any atom is -0.503 e. The van der Waals surface area contributed by atoms with E-state index in [1.54, 1.807) is 14.1 Å². The van der Waals surface area contributed by atoms with Gasteiger partial charge >= 0.3 is 0 Å². The minimum atomic E-state index is -0.400. The Morgan fingerprint density at radius 2 is 2.05 bits per heavy atom. The van der Waals surface area contributed by atoms with E-state index in [0.29, 0.717) is 14.5 Å². The molecule has 0 fully saturated rings. The number of ether oxygens (including phenoxy) is 1. The van der Waals surface area contributed by atoms with Crippen LogP contribution in [0, 0.1) is 11.3 Å². The van der Waals surface area contributed by atoms with Crippen LogP contribution in [0.4, 0.5) is 0 Å². The third-order valence-corrected chi connectivity index (χ3v) is 4.61. The van der Waals surface area contributed by atoms with Gasteiger partial charge in [-0.2, -0.15) is 5.26 Å². The van der Waals surface area contributed by atoms with E-state index in [1.807, 2.05) is 6.07 Å². The zero-order chi connectivity index (χ0) is 15.4. The van der Waals surface area contributed by atoms with E-state index in [4.69, 9.17) is 10.00 Å². The van der Waals surface area contributed by atoms with E-state index in [2.05, 4.69) is 31.9 Å². The highest BCUT2D eigenvalue weighted by atomic mass is 79.9. The van der Waals surface area contributed by atoms with Crippen LogP contribution in [0.2, 0.25) is 0 Å². The molecule has 1 N–H and O–H groups in total. The van der Waals surface area contributed by atoms with Gasteiger partial charge in [0.15, 0.2) is 11.5 Å². The molecule has 0 aliphatic rings. The predicted molar refractivity (Wildman–Crippen MR) is 82.3 cm³/mol. The van der Waals surface area contributed by atoms with Gasteiger partial charge in [-0.3, -0.25) is 4.79 Å². The van der Waals surface area contributed by atoms with Crippen molar-refractivity contribution in [1.82, 2.24) is 4.90 Å². The van der Waals surface area contributed by atoms with Crippen LogP contribution >= 0.6 is 31.9 Å². The fourth-order valence-corrected chi connectivity index (χ4v) is 2.25. The van der Waals surface area contributed by atoms with Crippen molar-refractivity contribution in [3.63, 3.8) is 0 Å². The first-order chi connectivity index (χ1) is 9.33. The molecule has 0 saturated carbocycles. The first-order valence-corrected chi connectivity index (χ1v) is 7.00. The summed E-state index contributed by atoms with van der Waals surface area (Å²) in [4.78, 5) is 13.1. The zero-order valence-corrected chi connectivity index (χ0v) is 14.2. The van der Waals surface area contributed by atoms with Crippen LogP contribution in [-0.4, -0.2) is 37.1 Å². The molecule has 1 aromatic rings. The summed E-state index contributed by atoms with van der Waals surface area (Å²) in [6.07, 6.45) is 1.43. The first kappa shape index (κ1) is 16.5. The van der Waals surface area contributed by atoms with Crippen molar-refractivity contribution < 1.29 is 14.6 Å². The minimum absolute atomic E-state index is 0.0182. The maximum atomic E-state index is 11.8. The van der Waals surface area contributed by atoms with Gasteiger partial charge in [-0.15, -0.1) is 0 Å². The normalized spacial score (nSPS) is 10.9. The number of carbonyl (C=O) groups excluding carboxylic acids is 1.